The van der Waals surface area contributed by atoms with Crippen molar-refractivity contribution in [3.63, 3.8) is 0 Å². The number of amides is 1. The van der Waals surface area contributed by atoms with Gasteiger partial charge < -0.3 is 0 Å². The van der Waals surface area contributed by atoms with Gasteiger partial charge in [-0.15, -0.1) is 22.7 Å². The normalized spacial score (nSPS) is 11.6. The number of carbonyl (C=O) groups excluding carboxylic acids is 1. The van der Waals surface area contributed by atoms with Crippen LogP contribution in [0.15, 0.2) is 21.3 Å². The average Bonchev–Trinajstić information content (AvgIpc) is 2.85. The molecule has 96 valence electrons. The lowest BCUT2D eigenvalue weighted by Gasteiger charge is -2.04. The van der Waals surface area contributed by atoms with Gasteiger partial charge in [0.2, 0.25) is 0 Å². The molecule has 1 N–H and O–H groups in total. The largest absolute Gasteiger partial charge is 0.471 e. The van der Waals surface area contributed by atoms with Crippen LogP contribution in [0.3, 0.4) is 0 Å². The third-order valence-corrected chi connectivity index (χ3v) is 4.27. The first-order valence-corrected chi connectivity index (χ1v) is 6.99. The van der Waals surface area contributed by atoms with Crippen LogP contribution < -0.4 is 5.32 Å². The Bertz CT molecular complexity index is 578. The van der Waals surface area contributed by atoms with Crippen LogP contribution in [0.1, 0.15) is 0 Å². The van der Waals surface area contributed by atoms with Gasteiger partial charge in [-0.3, -0.25) is 10.1 Å². The third kappa shape index (κ3) is 3.09. The first kappa shape index (κ1) is 13.5. The van der Waals surface area contributed by atoms with E-state index in [1.807, 2.05) is 5.38 Å². The Kier molecular flexibility index (Phi) is 3.74. The molecule has 0 atom stereocenters. The molecule has 0 aromatic carbocycles. The number of thiazole rings is 1. The van der Waals surface area contributed by atoms with Crippen LogP contribution in [-0.2, 0) is 4.79 Å². The van der Waals surface area contributed by atoms with Gasteiger partial charge in [0.1, 0.15) is 0 Å². The molecule has 0 radical (unpaired) electrons. The van der Waals surface area contributed by atoms with Crippen LogP contribution in [0, 0.1) is 0 Å². The van der Waals surface area contributed by atoms with Crippen molar-refractivity contribution >= 4 is 49.6 Å². The lowest BCUT2D eigenvalue weighted by atomic mass is 10.4. The summed E-state index contributed by atoms with van der Waals surface area (Å²) in [4.78, 5) is 15.4. The zero-order valence-electron chi connectivity index (χ0n) is 8.42. The average molecular weight is 357 g/mol. The predicted molar refractivity (Wildman–Crippen MR) is 67.8 cm³/mol. The number of aromatic nitrogens is 1. The van der Waals surface area contributed by atoms with E-state index >= 15 is 0 Å². The van der Waals surface area contributed by atoms with Crippen molar-refractivity contribution in [2.24, 2.45) is 0 Å². The zero-order valence-corrected chi connectivity index (χ0v) is 11.6. The molecule has 0 saturated carbocycles. The Morgan fingerprint density at radius 2 is 2.06 bits per heavy atom. The van der Waals surface area contributed by atoms with Crippen LogP contribution in [0.2, 0.25) is 0 Å². The number of hydrogen-bond acceptors (Lipinski definition) is 4. The summed E-state index contributed by atoms with van der Waals surface area (Å²) in [7, 11) is 0. The van der Waals surface area contributed by atoms with Gasteiger partial charge in [0.05, 0.1) is 10.6 Å². The van der Waals surface area contributed by atoms with Crippen molar-refractivity contribution in [1.82, 2.24) is 4.98 Å². The Balaban J connectivity index is 2.14. The molecule has 2 aromatic heterocycles. The smallest absolute Gasteiger partial charge is 0.294 e. The molecule has 2 aromatic rings. The van der Waals surface area contributed by atoms with E-state index in [0.717, 1.165) is 20.7 Å². The van der Waals surface area contributed by atoms with E-state index in [1.165, 1.54) is 11.3 Å². The molecule has 1 amide bonds. The van der Waals surface area contributed by atoms with Crippen molar-refractivity contribution in [2.45, 2.75) is 6.18 Å². The number of carbonyl (C=O) groups is 1. The van der Waals surface area contributed by atoms with E-state index < -0.39 is 12.1 Å². The van der Waals surface area contributed by atoms with Crippen molar-refractivity contribution in [3.05, 3.63) is 21.3 Å². The highest BCUT2D eigenvalue weighted by Gasteiger charge is 2.39. The van der Waals surface area contributed by atoms with E-state index in [9.17, 15) is 18.0 Å². The number of alkyl halides is 3. The van der Waals surface area contributed by atoms with Gasteiger partial charge in [0.25, 0.3) is 0 Å². The van der Waals surface area contributed by atoms with E-state index in [4.69, 9.17) is 0 Å². The quantitative estimate of drug-likeness (QED) is 0.878. The second-order valence-corrected chi connectivity index (χ2v) is 5.80. The van der Waals surface area contributed by atoms with Gasteiger partial charge in [0, 0.05) is 15.2 Å². The summed E-state index contributed by atoms with van der Waals surface area (Å²) in [5.74, 6) is -2.02. The molecule has 0 bridgehead atoms. The molecule has 0 aliphatic rings. The fourth-order valence-electron chi connectivity index (χ4n) is 1.06. The maximum Gasteiger partial charge on any atom is 0.471 e. The third-order valence-electron chi connectivity index (χ3n) is 1.80. The van der Waals surface area contributed by atoms with Crippen LogP contribution in [0.5, 0.6) is 0 Å². The molecular weight excluding hydrogens is 353 g/mol. The minimum atomic E-state index is -4.90. The second-order valence-electron chi connectivity index (χ2n) is 3.12. The maximum absolute atomic E-state index is 12.0. The highest BCUT2D eigenvalue weighted by Crippen LogP contribution is 2.32. The topological polar surface area (TPSA) is 42.0 Å². The molecule has 0 aliphatic heterocycles. The molecule has 0 aliphatic carbocycles. The molecule has 0 saturated heterocycles. The molecule has 9 heteroatoms. The molecule has 2 heterocycles. The number of halogens is 4. The molecule has 0 unspecified atom stereocenters. The van der Waals surface area contributed by atoms with Crippen LogP contribution in [-0.4, -0.2) is 17.1 Å². The number of anilines is 1. The molecule has 2 rings (SSSR count). The number of rotatable bonds is 2. The van der Waals surface area contributed by atoms with E-state index in [0.29, 0.717) is 5.69 Å². The fraction of sp³-hybridized carbons (Fsp3) is 0.111. The van der Waals surface area contributed by atoms with E-state index in [2.05, 4.69) is 20.9 Å². The lowest BCUT2D eigenvalue weighted by molar-refractivity contribution is -0.167. The van der Waals surface area contributed by atoms with Crippen LogP contribution in [0.25, 0.3) is 10.6 Å². The highest BCUT2D eigenvalue weighted by molar-refractivity contribution is 9.10. The first-order chi connectivity index (χ1) is 8.36. The summed E-state index contributed by atoms with van der Waals surface area (Å²) in [5.41, 5.74) is 0.535. The second kappa shape index (κ2) is 4.98. The first-order valence-electron chi connectivity index (χ1n) is 4.44. The Morgan fingerprint density at radius 1 is 1.33 bits per heavy atom. The van der Waals surface area contributed by atoms with Gasteiger partial charge in [-0.1, -0.05) is 0 Å². The van der Waals surface area contributed by atoms with Crippen molar-refractivity contribution in [2.75, 3.05) is 5.32 Å². The van der Waals surface area contributed by atoms with Gasteiger partial charge in [0.15, 0.2) is 5.13 Å². The Hall–Kier alpha value is -0.930. The molecular formula is C9H4BrF3N2OS2. The van der Waals surface area contributed by atoms with E-state index in [-0.39, 0.29) is 5.13 Å². The van der Waals surface area contributed by atoms with Crippen LogP contribution in [0.4, 0.5) is 18.3 Å². The lowest BCUT2D eigenvalue weighted by Crippen LogP contribution is -2.29. The van der Waals surface area contributed by atoms with Gasteiger partial charge in [-0.25, -0.2) is 4.98 Å². The zero-order chi connectivity index (χ0) is 13.3. The monoisotopic (exact) mass is 356 g/mol. The van der Waals surface area contributed by atoms with Gasteiger partial charge >= 0.3 is 12.1 Å². The van der Waals surface area contributed by atoms with Crippen molar-refractivity contribution in [3.8, 4) is 10.6 Å². The van der Waals surface area contributed by atoms with Gasteiger partial charge in [-0.05, 0) is 22.0 Å². The number of nitrogens with one attached hydrogen (secondary N) is 1. The number of hydrogen-bond donors (Lipinski definition) is 1. The summed E-state index contributed by atoms with van der Waals surface area (Å²) in [6, 6.07) is 1.80. The summed E-state index contributed by atoms with van der Waals surface area (Å²) in [5, 5.41) is 5.07. The molecule has 18 heavy (non-hydrogen) atoms. The predicted octanol–water partition coefficient (Wildman–Crippen LogP) is 4.13. The number of thiophene rings is 1. The summed E-state index contributed by atoms with van der Waals surface area (Å²) >= 11 is 5.62. The van der Waals surface area contributed by atoms with Crippen LogP contribution >= 0.6 is 38.6 Å². The van der Waals surface area contributed by atoms with E-state index in [1.54, 1.807) is 16.8 Å². The maximum atomic E-state index is 12.0. The molecule has 0 spiro atoms. The fourth-order valence-corrected chi connectivity index (χ4v) is 3.23. The summed E-state index contributed by atoms with van der Waals surface area (Å²) in [6.45, 7) is 0. The van der Waals surface area contributed by atoms with Gasteiger partial charge in [-0.2, -0.15) is 13.2 Å². The standard InChI is InChI=1S/C9H4BrF3N2OS2/c10-4-1-6(17-2-4)5-3-18-8(14-5)15-7(16)9(11,12)13/h1-3H,(H,14,15,16). The summed E-state index contributed by atoms with van der Waals surface area (Å²) in [6.07, 6.45) is -4.90. The minimum Gasteiger partial charge on any atom is -0.294 e. The molecule has 3 nitrogen and oxygen atoms in total. The Morgan fingerprint density at radius 3 is 2.61 bits per heavy atom. The number of nitrogens with zero attached hydrogens (tertiary/aromatic N) is 1. The Labute approximate surface area is 116 Å². The van der Waals surface area contributed by atoms with Crippen molar-refractivity contribution < 1.29 is 18.0 Å². The summed E-state index contributed by atoms with van der Waals surface area (Å²) < 4.78 is 37.0. The minimum absolute atomic E-state index is 0.0724. The van der Waals surface area contributed by atoms with Crippen molar-refractivity contribution in [1.29, 1.82) is 0 Å². The SMILES string of the molecule is O=C(Nc1nc(-c2cc(Br)cs2)cs1)C(F)(F)F. The molecule has 0 fully saturated rings. The highest BCUT2D eigenvalue weighted by atomic mass is 79.9.